The molecule has 2 N–H and O–H groups in total. The van der Waals surface area contributed by atoms with Gasteiger partial charge in [0.2, 0.25) is 5.88 Å². The van der Waals surface area contributed by atoms with Crippen molar-refractivity contribution < 1.29 is 4.74 Å². The van der Waals surface area contributed by atoms with Gasteiger partial charge in [0.1, 0.15) is 17.9 Å². The summed E-state index contributed by atoms with van der Waals surface area (Å²) in [7, 11) is 0. The highest BCUT2D eigenvalue weighted by Crippen LogP contribution is 2.32. The van der Waals surface area contributed by atoms with Crippen LogP contribution >= 0.6 is 27.5 Å². The molecule has 0 unspecified atom stereocenters. The van der Waals surface area contributed by atoms with E-state index in [0.717, 1.165) is 4.47 Å². The van der Waals surface area contributed by atoms with E-state index in [1.807, 2.05) is 6.07 Å². The van der Waals surface area contributed by atoms with Gasteiger partial charge in [-0.15, -0.1) is 0 Å². The number of nitrogens with two attached hydrogens (primary N) is 1. The maximum atomic E-state index is 6.04. The number of nitrogen functional groups attached to an aromatic ring is 1. The lowest BCUT2D eigenvalue weighted by atomic mass is 10.3. The van der Waals surface area contributed by atoms with E-state index < -0.39 is 0 Å². The molecule has 17 heavy (non-hydrogen) atoms. The van der Waals surface area contributed by atoms with Gasteiger partial charge in [-0.05, 0) is 25.1 Å². The van der Waals surface area contributed by atoms with E-state index in [4.69, 9.17) is 22.1 Å². The summed E-state index contributed by atoms with van der Waals surface area (Å²) in [6.45, 7) is 1.79. The number of hydrogen-bond acceptors (Lipinski definition) is 4. The third-order valence-corrected chi connectivity index (χ3v) is 2.97. The highest BCUT2D eigenvalue weighted by atomic mass is 79.9. The molecule has 2 aromatic rings. The van der Waals surface area contributed by atoms with Gasteiger partial charge < -0.3 is 10.5 Å². The zero-order valence-electron chi connectivity index (χ0n) is 8.95. The highest BCUT2D eigenvalue weighted by molar-refractivity contribution is 9.10. The van der Waals surface area contributed by atoms with Gasteiger partial charge in [0.25, 0.3) is 0 Å². The molecule has 1 aromatic heterocycles. The Morgan fingerprint density at radius 1 is 1.35 bits per heavy atom. The second-order valence-corrected chi connectivity index (χ2v) is 4.69. The van der Waals surface area contributed by atoms with Crippen molar-refractivity contribution in [2.45, 2.75) is 6.92 Å². The molecule has 0 saturated carbocycles. The van der Waals surface area contributed by atoms with Crippen molar-refractivity contribution in [3.63, 3.8) is 0 Å². The lowest BCUT2D eigenvalue weighted by Crippen LogP contribution is -1.99. The van der Waals surface area contributed by atoms with Crippen molar-refractivity contribution >= 4 is 33.3 Å². The minimum Gasteiger partial charge on any atom is -0.437 e. The van der Waals surface area contributed by atoms with E-state index in [2.05, 4.69) is 25.9 Å². The predicted octanol–water partition coefficient (Wildman–Crippen LogP) is 3.58. The first-order valence-electron chi connectivity index (χ1n) is 4.78. The maximum Gasteiger partial charge on any atom is 0.227 e. The standard InChI is InChI=1S/C11H9BrClN3O/c1-6-10(14)15-5-16-11(6)17-9-3-2-7(12)4-8(9)13/h2-5H,1H3,(H2,14,15,16). The summed E-state index contributed by atoms with van der Waals surface area (Å²) in [5, 5.41) is 0.496. The summed E-state index contributed by atoms with van der Waals surface area (Å²) in [5.41, 5.74) is 6.35. The SMILES string of the molecule is Cc1c(N)ncnc1Oc1ccc(Br)cc1Cl. The van der Waals surface area contributed by atoms with Crippen molar-refractivity contribution in [2.24, 2.45) is 0 Å². The van der Waals surface area contributed by atoms with Crippen LogP contribution in [0.15, 0.2) is 29.0 Å². The Labute approximate surface area is 112 Å². The number of rotatable bonds is 2. The molecule has 88 valence electrons. The van der Waals surface area contributed by atoms with Gasteiger partial charge in [0, 0.05) is 4.47 Å². The number of hydrogen-bond donors (Lipinski definition) is 1. The van der Waals surface area contributed by atoms with Gasteiger partial charge in [-0.25, -0.2) is 9.97 Å². The molecule has 2 rings (SSSR count). The highest BCUT2D eigenvalue weighted by Gasteiger charge is 2.09. The normalized spacial score (nSPS) is 10.3. The van der Waals surface area contributed by atoms with Crippen molar-refractivity contribution in [3.05, 3.63) is 39.6 Å². The lowest BCUT2D eigenvalue weighted by Gasteiger charge is -2.09. The first-order valence-corrected chi connectivity index (χ1v) is 5.95. The third-order valence-electron chi connectivity index (χ3n) is 2.18. The van der Waals surface area contributed by atoms with Crippen LogP contribution in [0.4, 0.5) is 5.82 Å². The molecule has 0 atom stereocenters. The fraction of sp³-hybridized carbons (Fsp3) is 0.0909. The van der Waals surface area contributed by atoms with Crippen LogP contribution in [-0.2, 0) is 0 Å². The molecule has 0 saturated heterocycles. The molecule has 0 bridgehead atoms. The predicted molar refractivity (Wildman–Crippen MR) is 70.4 cm³/mol. The number of nitrogens with zero attached hydrogens (tertiary/aromatic N) is 2. The number of benzene rings is 1. The molecule has 1 aromatic carbocycles. The minimum absolute atomic E-state index is 0.392. The van der Waals surface area contributed by atoms with Crippen molar-refractivity contribution in [2.75, 3.05) is 5.73 Å². The molecule has 1 heterocycles. The average molecular weight is 315 g/mol. The summed E-state index contributed by atoms with van der Waals surface area (Å²) in [4.78, 5) is 7.88. The molecule has 0 spiro atoms. The minimum atomic E-state index is 0.392. The number of ether oxygens (including phenoxy) is 1. The summed E-state index contributed by atoms with van der Waals surface area (Å²) < 4.78 is 6.47. The Morgan fingerprint density at radius 2 is 2.12 bits per heavy atom. The second kappa shape index (κ2) is 4.89. The number of anilines is 1. The molecule has 4 nitrogen and oxygen atoms in total. The van der Waals surface area contributed by atoms with Crippen molar-refractivity contribution in [3.8, 4) is 11.6 Å². The smallest absolute Gasteiger partial charge is 0.227 e. The van der Waals surface area contributed by atoms with Crippen LogP contribution in [0.2, 0.25) is 5.02 Å². The van der Waals surface area contributed by atoms with Gasteiger partial charge in [-0.2, -0.15) is 0 Å². The fourth-order valence-corrected chi connectivity index (χ4v) is 1.92. The summed E-state index contributed by atoms with van der Waals surface area (Å²) >= 11 is 9.36. The monoisotopic (exact) mass is 313 g/mol. The molecule has 0 aliphatic rings. The zero-order valence-corrected chi connectivity index (χ0v) is 11.3. The Hall–Kier alpha value is -1.33. The fourth-order valence-electron chi connectivity index (χ4n) is 1.21. The van der Waals surface area contributed by atoms with Crippen LogP contribution in [0.25, 0.3) is 0 Å². The number of halogens is 2. The van der Waals surface area contributed by atoms with Gasteiger partial charge in [-0.3, -0.25) is 0 Å². The van der Waals surface area contributed by atoms with Gasteiger partial charge in [0.05, 0.1) is 10.6 Å². The van der Waals surface area contributed by atoms with E-state index >= 15 is 0 Å². The van der Waals surface area contributed by atoms with Crippen LogP contribution in [0.1, 0.15) is 5.56 Å². The van der Waals surface area contributed by atoms with Crippen LogP contribution in [-0.4, -0.2) is 9.97 Å². The number of aromatic nitrogens is 2. The van der Waals surface area contributed by atoms with E-state index in [9.17, 15) is 0 Å². The van der Waals surface area contributed by atoms with Crippen LogP contribution < -0.4 is 10.5 Å². The maximum absolute atomic E-state index is 6.04. The molecule has 0 amide bonds. The Balaban J connectivity index is 2.35. The van der Waals surface area contributed by atoms with Crippen molar-refractivity contribution in [1.29, 1.82) is 0 Å². The third kappa shape index (κ3) is 2.68. The van der Waals surface area contributed by atoms with E-state index in [0.29, 0.717) is 28.0 Å². The summed E-state index contributed by atoms with van der Waals surface area (Å²) in [5.74, 6) is 1.32. The topological polar surface area (TPSA) is 61.0 Å². The Bertz CT molecular complexity index is 562. The zero-order chi connectivity index (χ0) is 12.4. The van der Waals surface area contributed by atoms with Crippen LogP contribution in [0, 0.1) is 6.92 Å². The molecule has 6 heteroatoms. The van der Waals surface area contributed by atoms with Crippen LogP contribution in [0.3, 0.4) is 0 Å². The largest absolute Gasteiger partial charge is 0.437 e. The van der Waals surface area contributed by atoms with Gasteiger partial charge >= 0.3 is 0 Å². The quantitative estimate of drug-likeness (QED) is 0.920. The molecule has 0 aliphatic carbocycles. The summed E-state index contributed by atoms with van der Waals surface area (Å²) in [6.07, 6.45) is 1.35. The van der Waals surface area contributed by atoms with Crippen molar-refractivity contribution in [1.82, 2.24) is 9.97 Å². The van der Waals surface area contributed by atoms with Gasteiger partial charge in [0.15, 0.2) is 0 Å². The Morgan fingerprint density at radius 3 is 2.82 bits per heavy atom. The van der Waals surface area contributed by atoms with E-state index in [1.54, 1.807) is 19.1 Å². The molecule has 0 fully saturated rings. The molecular weight excluding hydrogens is 305 g/mol. The van der Waals surface area contributed by atoms with E-state index in [1.165, 1.54) is 6.33 Å². The van der Waals surface area contributed by atoms with Gasteiger partial charge in [-0.1, -0.05) is 27.5 Å². The molecule has 0 radical (unpaired) electrons. The first-order chi connectivity index (χ1) is 8.08. The average Bonchev–Trinajstić information content (AvgIpc) is 2.28. The first kappa shape index (κ1) is 12.1. The van der Waals surface area contributed by atoms with E-state index in [-0.39, 0.29) is 0 Å². The van der Waals surface area contributed by atoms with Crippen LogP contribution in [0.5, 0.6) is 11.6 Å². The molecule has 0 aliphatic heterocycles. The summed E-state index contributed by atoms with van der Waals surface area (Å²) in [6, 6.07) is 5.34. The second-order valence-electron chi connectivity index (χ2n) is 3.37. The molecular formula is C11H9BrClN3O. The Kier molecular flexibility index (Phi) is 3.49. The lowest BCUT2D eigenvalue weighted by molar-refractivity contribution is 0.458.